The molecule has 0 unspecified atom stereocenters. The molecule has 138 valence electrons. The number of hydrogen-bond donors (Lipinski definition) is 0. The summed E-state index contributed by atoms with van der Waals surface area (Å²) in [5.41, 5.74) is 2.27. The Kier molecular flexibility index (Phi) is 5.58. The molecular formula is C20H13N3O4S. The highest BCUT2D eigenvalue weighted by Crippen LogP contribution is 2.29. The maximum atomic E-state index is 11.0. The van der Waals surface area contributed by atoms with Crippen LogP contribution in [0.5, 0.6) is 5.75 Å². The van der Waals surface area contributed by atoms with Crippen molar-refractivity contribution in [1.82, 2.24) is 4.98 Å². The molecule has 28 heavy (non-hydrogen) atoms. The third-order valence-electron chi connectivity index (χ3n) is 3.66. The number of non-ortho nitro benzene ring substituents is 1. The van der Waals surface area contributed by atoms with Gasteiger partial charge < -0.3 is 4.74 Å². The van der Waals surface area contributed by atoms with E-state index >= 15 is 0 Å². The molecule has 0 spiro atoms. The minimum atomic E-state index is -0.461. The lowest BCUT2D eigenvalue weighted by molar-refractivity contribution is -0.384. The molecule has 3 aromatic rings. The average Bonchev–Trinajstić information content (AvgIpc) is 3.17. The van der Waals surface area contributed by atoms with Gasteiger partial charge >= 0.3 is 5.97 Å². The second kappa shape index (κ2) is 8.24. The van der Waals surface area contributed by atoms with Gasteiger partial charge in [-0.25, -0.2) is 4.98 Å². The number of nitro groups is 1. The van der Waals surface area contributed by atoms with Crippen molar-refractivity contribution in [3.8, 4) is 23.1 Å². The number of carbonyl (C=O) groups excluding carboxylic acids is 1. The Morgan fingerprint density at radius 1 is 1.29 bits per heavy atom. The number of rotatable bonds is 5. The second-order valence-electron chi connectivity index (χ2n) is 5.68. The number of benzene rings is 2. The fraction of sp³-hybridized carbons (Fsp3) is 0.0500. The minimum absolute atomic E-state index is 0.0176. The molecule has 3 rings (SSSR count). The van der Waals surface area contributed by atoms with Gasteiger partial charge in [0.15, 0.2) is 0 Å². The summed E-state index contributed by atoms with van der Waals surface area (Å²) < 4.78 is 4.98. The molecular weight excluding hydrogens is 378 g/mol. The molecule has 0 amide bonds. The van der Waals surface area contributed by atoms with Gasteiger partial charge in [0.1, 0.15) is 16.8 Å². The van der Waals surface area contributed by atoms with Crippen LogP contribution in [0.2, 0.25) is 0 Å². The van der Waals surface area contributed by atoms with E-state index in [0.29, 0.717) is 27.6 Å². The highest BCUT2D eigenvalue weighted by atomic mass is 32.1. The summed E-state index contributed by atoms with van der Waals surface area (Å²) in [4.78, 5) is 25.9. The Bertz CT molecular complexity index is 1110. The third kappa shape index (κ3) is 4.47. The zero-order valence-corrected chi connectivity index (χ0v) is 15.5. The van der Waals surface area contributed by atoms with Gasteiger partial charge in [0.25, 0.3) is 5.69 Å². The highest BCUT2D eigenvalue weighted by molar-refractivity contribution is 7.11. The van der Waals surface area contributed by atoms with E-state index in [9.17, 15) is 20.2 Å². The molecule has 0 radical (unpaired) electrons. The lowest BCUT2D eigenvalue weighted by Crippen LogP contribution is -2.00. The molecule has 0 atom stereocenters. The molecule has 0 aliphatic heterocycles. The average molecular weight is 391 g/mol. The maximum Gasteiger partial charge on any atom is 0.308 e. The first-order valence-electron chi connectivity index (χ1n) is 8.07. The summed E-state index contributed by atoms with van der Waals surface area (Å²) in [5.74, 6) is 0.0165. The van der Waals surface area contributed by atoms with Gasteiger partial charge in [-0.1, -0.05) is 24.3 Å². The number of hydrogen-bond acceptors (Lipinski definition) is 7. The van der Waals surface area contributed by atoms with Crippen LogP contribution in [-0.2, 0) is 4.79 Å². The van der Waals surface area contributed by atoms with E-state index in [-0.39, 0.29) is 5.69 Å². The van der Waals surface area contributed by atoms with Gasteiger partial charge in [0.05, 0.1) is 16.2 Å². The lowest BCUT2D eigenvalue weighted by Gasteiger charge is -2.01. The van der Waals surface area contributed by atoms with Gasteiger partial charge in [0, 0.05) is 30.0 Å². The third-order valence-corrected chi connectivity index (χ3v) is 4.54. The summed E-state index contributed by atoms with van der Waals surface area (Å²) in [7, 11) is 0. The molecule has 0 bridgehead atoms. The predicted octanol–water partition coefficient (Wildman–Crippen LogP) is 4.71. The van der Waals surface area contributed by atoms with Crippen LogP contribution in [0.1, 0.15) is 17.5 Å². The topological polar surface area (TPSA) is 106 Å². The van der Waals surface area contributed by atoms with E-state index in [1.165, 1.54) is 30.4 Å². The number of ether oxygens (including phenoxy) is 1. The fourth-order valence-electron chi connectivity index (χ4n) is 2.42. The first kappa shape index (κ1) is 18.9. The van der Waals surface area contributed by atoms with E-state index < -0.39 is 10.9 Å². The molecule has 0 aliphatic rings. The molecule has 1 aromatic heterocycles. The van der Waals surface area contributed by atoms with Crippen molar-refractivity contribution in [3.05, 3.63) is 74.6 Å². The predicted molar refractivity (Wildman–Crippen MR) is 105 cm³/mol. The van der Waals surface area contributed by atoms with Gasteiger partial charge in [0.2, 0.25) is 0 Å². The summed E-state index contributed by atoms with van der Waals surface area (Å²) in [6.07, 6.45) is 1.67. The van der Waals surface area contributed by atoms with Crippen LogP contribution in [0.15, 0.2) is 53.9 Å². The van der Waals surface area contributed by atoms with Crippen LogP contribution in [0.4, 0.5) is 5.69 Å². The first-order chi connectivity index (χ1) is 13.5. The molecule has 8 heteroatoms. The lowest BCUT2D eigenvalue weighted by atomic mass is 10.1. The van der Waals surface area contributed by atoms with Crippen LogP contribution in [0.3, 0.4) is 0 Å². The van der Waals surface area contributed by atoms with Crippen molar-refractivity contribution in [2.45, 2.75) is 6.92 Å². The van der Waals surface area contributed by atoms with E-state index in [4.69, 9.17) is 4.74 Å². The molecule has 0 saturated heterocycles. The van der Waals surface area contributed by atoms with Crippen LogP contribution in [-0.4, -0.2) is 15.9 Å². The molecule has 7 nitrogen and oxygen atoms in total. The number of allylic oxidation sites excluding steroid dienone is 1. The summed E-state index contributed by atoms with van der Waals surface area (Å²) in [5, 5.41) is 22.7. The Morgan fingerprint density at radius 2 is 2.04 bits per heavy atom. The summed E-state index contributed by atoms with van der Waals surface area (Å²) in [6, 6.07) is 15.0. The largest absolute Gasteiger partial charge is 0.427 e. The summed E-state index contributed by atoms with van der Waals surface area (Å²) >= 11 is 1.28. The SMILES string of the molecule is CC(=O)Oc1ccc(C=C(C#N)c2nc(-c3cccc([N+](=O)[O-])c3)cs2)cc1. The van der Waals surface area contributed by atoms with Crippen LogP contribution in [0.25, 0.3) is 22.9 Å². The van der Waals surface area contributed by atoms with Crippen molar-refractivity contribution in [3.63, 3.8) is 0 Å². The normalized spacial score (nSPS) is 10.9. The number of nitrogens with zero attached hydrogens (tertiary/aromatic N) is 3. The molecule has 0 N–H and O–H groups in total. The molecule has 0 aliphatic carbocycles. The zero-order valence-electron chi connectivity index (χ0n) is 14.7. The van der Waals surface area contributed by atoms with Gasteiger partial charge in [-0.15, -0.1) is 11.3 Å². The fourth-order valence-corrected chi connectivity index (χ4v) is 3.21. The van der Waals surface area contributed by atoms with E-state index in [1.807, 2.05) is 0 Å². The standard InChI is InChI=1S/C20H13N3O4S/c1-13(24)27-18-7-5-14(6-8-18)9-16(11-21)20-22-19(12-28-20)15-3-2-4-17(10-15)23(25)26/h2-10,12H,1H3. The molecule has 0 fully saturated rings. The Morgan fingerprint density at radius 3 is 2.68 bits per heavy atom. The Hall–Kier alpha value is -3.83. The quantitative estimate of drug-likeness (QED) is 0.205. The van der Waals surface area contributed by atoms with Crippen LogP contribution < -0.4 is 4.74 Å². The van der Waals surface area contributed by atoms with Gasteiger partial charge in [-0.2, -0.15) is 5.26 Å². The van der Waals surface area contributed by atoms with Crippen molar-refractivity contribution in [1.29, 1.82) is 5.26 Å². The number of carbonyl (C=O) groups is 1. The smallest absolute Gasteiger partial charge is 0.308 e. The van der Waals surface area contributed by atoms with Crippen molar-refractivity contribution < 1.29 is 14.5 Å². The summed E-state index contributed by atoms with van der Waals surface area (Å²) in [6.45, 7) is 1.32. The number of nitriles is 1. The maximum absolute atomic E-state index is 11.0. The monoisotopic (exact) mass is 391 g/mol. The highest BCUT2D eigenvalue weighted by Gasteiger charge is 2.12. The van der Waals surface area contributed by atoms with Crippen LogP contribution in [0, 0.1) is 21.4 Å². The second-order valence-corrected chi connectivity index (χ2v) is 6.54. The van der Waals surface area contributed by atoms with Crippen LogP contribution >= 0.6 is 11.3 Å². The molecule has 2 aromatic carbocycles. The van der Waals surface area contributed by atoms with Crippen molar-refractivity contribution in [2.75, 3.05) is 0 Å². The zero-order chi connectivity index (χ0) is 20.1. The number of nitro benzene ring substituents is 1. The molecule has 1 heterocycles. The first-order valence-corrected chi connectivity index (χ1v) is 8.95. The minimum Gasteiger partial charge on any atom is -0.427 e. The number of thiazole rings is 1. The molecule has 0 saturated carbocycles. The van der Waals surface area contributed by atoms with Gasteiger partial charge in [-0.3, -0.25) is 14.9 Å². The van der Waals surface area contributed by atoms with Crippen molar-refractivity contribution in [2.24, 2.45) is 0 Å². The van der Waals surface area contributed by atoms with E-state index in [1.54, 1.807) is 47.9 Å². The van der Waals surface area contributed by atoms with Gasteiger partial charge in [-0.05, 0) is 23.8 Å². The Labute approximate surface area is 164 Å². The number of esters is 1. The van der Waals surface area contributed by atoms with E-state index in [2.05, 4.69) is 11.1 Å². The van der Waals surface area contributed by atoms with E-state index in [0.717, 1.165) is 5.56 Å². The van der Waals surface area contributed by atoms with Crippen molar-refractivity contribution >= 4 is 34.6 Å². The number of aromatic nitrogens is 1. The Balaban J connectivity index is 1.87.